The molecule has 1 aliphatic rings. The first-order valence-electron chi connectivity index (χ1n) is 7.25. The predicted molar refractivity (Wildman–Crippen MR) is 88.6 cm³/mol. The fraction of sp³-hybridized carbons (Fsp3) is 0.556. The zero-order valence-electron chi connectivity index (χ0n) is 13.9. The lowest BCUT2D eigenvalue weighted by molar-refractivity contribution is -0.0541. The van der Waals surface area contributed by atoms with Gasteiger partial charge >= 0.3 is 29.2 Å². The molecule has 20 heteroatoms. The second kappa shape index (κ2) is 8.61. The number of nitrogens with two attached hydrogens (primary N) is 1. The van der Waals surface area contributed by atoms with Crippen molar-refractivity contribution in [3.8, 4) is 0 Å². The summed E-state index contributed by atoms with van der Waals surface area (Å²) in [5.41, 5.74) is 4.39. The van der Waals surface area contributed by atoms with Crippen LogP contribution in [0.2, 0.25) is 0 Å². The number of aliphatic hydroxyl groups excluding tert-OH is 2. The van der Waals surface area contributed by atoms with Crippen LogP contribution in [0.3, 0.4) is 0 Å². The highest BCUT2D eigenvalue weighted by Crippen LogP contribution is 2.66. The minimum Gasteiger partial charge on any atom is -0.387 e. The van der Waals surface area contributed by atoms with Crippen molar-refractivity contribution in [2.75, 3.05) is 12.3 Å². The van der Waals surface area contributed by atoms with Gasteiger partial charge in [0.1, 0.15) is 24.1 Å². The predicted octanol–water partition coefficient (Wildman–Crippen LogP) is -2.21. The molecule has 0 radical (unpaired) electrons. The molecule has 0 spiro atoms. The lowest BCUT2D eigenvalue weighted by Gasteiger charge is -2.19. The van der Waals surface area contributed by atoms with Crippen molar-refractivity contribution in [3.63, 3.8) is 0 Å². The van der Waals surface area contributed by atoms with E-state index in [9.17, 15) is 33.6 Å². The number of ether oxygens (including phenoxy) is 1. The number of nitrogens with zero attached hydrogens (tertiary/aromatic N) is 2. The molecule has 2 rings (SSSR count). The van der Waals surface area contributed by atoms with Gasteiger partial charge in [-0.1, -0.05) is 0 Å². The molecule has 1 aromatic rings. The summed E-state index contributed by atoms with van der Waals surface area (Å²) in [7, 11) is -16.7. The van der Waals surface area contributed by atoms with Gasteiger partial charge in [-0.15, -0.1) is 0 Å². The quantitative estimate of drug-likeness (QED) is 0.193. The topological polar surface area (TPSA) is 270 Å². The molecule has 2 heterocycles. The monoisotopic (exact) mass is 483 g/mol. The summed E-state index contributed by atoms with van der Waals surface area (Å²) >= 11 is 0. The van der Waals surface area contributed by atoms with Crippen molar-refractivity contribution in [2.45, 2.75) is 24.5 Å². The van der Waals surface area contributed by atoms with Gasteiger partial charge in [0.2, 0.25) is 0 Å². The Hall–Kier alpha value is -1.03. The Kier molecular flexibility index (Phi) is 7.20. The number of rotatable bonds is 8. The molecule has 1 aromatic heterocycles. The second-order valence-electron chi connectivity index (χ2n) is 5.48. The van der Waals surface area contributed by atoms with Crippen molar-refractivity contribution in [2.24, 2.45) is 0 Å². The second-order valence-corrected chi connectivity index (χ2v) is 9.90. The third-order valence-corrected chi connectivity index (χ3v) is 7.08. The molecule has 6 atom stereocenters. The Bertz CT molecular complexity index is 946. The summed E-state index contributed by atoms with van der Waals surface area (Å²) in [6.45, 7) is -1.02. The number of aromatic nitrogens is 2. The van der Waals surface area contributed by atoms with Crippen LogP contribution in [-0.2, 0) is 31.6 Å². The first-order chi connectivity index (χ1) is 13.1. The lowest BCUT2D eigenvalue weighted by atomic mass is 10.1. The van der Waals surface area contributed by atoms with E-state index >= 15 is 0 Å². The third-order valence-electron chi connectivity index (χ3n) is 3.28. The zero-order valence-corrected chi connectivity index (χ0v) is 16.6. The molecular weight excluding hydrogens is 467 g/mol. The van der Waals surface area contributed by atoms with Gasteiger partial charge in [0.05, 0.1) is 6.61 Å². The minimum absolute atomic E-state index is 0.122. The molecule has 1 aliphatic heterocycles. The van der Waals surface area contributed by atoms with Crippen LogP contribution in [0.4, 0.5) is 5.82 Å². The van der Waals surface area contributed by atoms with Gasteiger partial charge in [0.15, 0.2) is 6.23 Å². The van der Waals surface area contributed by atoms with Crippen LogP contribution in [0.5, 0.6) is 0 Å². The summed E-state index contributed by atoms with van der Waals surface area (Å²) in [6.07, 6.45) is -5.38. The molecule has 0 bridgehead atoms. The molecule has 1 saturated heterocycles. The van der Waals surface area contributed by atoms with Gasteiger partial charge in [-0.25, -0.2) is 18.5 Å². The molecule has 8 N–H and O–H groups in total. The van der Waals surface area contributed by atoms with Crippen LogP contribution < -0.4 is 11.4 Å². The van der Waals surface area contributed by atoms with Gasteiger partial charge in [-0.2, -0.15) is 13.6 Å². The lowest BCUT2D eigenvalue weighted by Crippen LogP contribution is -2.36. The fourth-order valence-electron chi connectivity index (χ4n) is 2.19. The molecule has 17 nitrogen and oxygen atoms in total. The molecule has 0 saturated carbocycles. The Morgan fingerprint density at radius 2 is 1.72 bits per heavy atom. The van der Waals surface area contributed by atoms with E-state index in [4.69, 9.17) is 25.2 Å². The largest absolute Gasteiger partial charge is 0.490 e. The number of aliphatic hydroxyl groups is 2. The van der Waals surface area contributed by atoms with Crippen molar-refractivity contribution in [1.82, 2.24) is 9.55 Å². The van der Waals surface area contributed by atoms with E-state index in [0.717, 1.165) is 10.8 Å². The van der Waals surface area contributed by atoms with Crippen molar-refractivity contribution >= 4 is 29.3 Å². The van der Waals surface area contributed by atoms with E-state index < -0.39 is 60.3 Å². The summed E-state index contributed by atoms with van der Waals surface area (Å²) in [6, 6.07) is 1.20. The van der Waals surface area contributed by atoms with Crippen LogP contribution in [0.1, 0.15) is 6.23 Å². The highest BCUT2D eigenvalue weighted by Gasteiger charge is 2.46. The van der Waals surface area contributed by atoms with Crippen molar-refractivity contribution in [3.05, 3.63) is 22.7 Å². The Labute approximate surface area is 160 Å². The molecular formula is C9H16N3O14P3. The molecule has 166 valence electrons. The maximum atomic E-state index is 11.8. The van der Waals surface area contributed by atoms with E-state index in [-0.39, 0.29) is 5.82 Å². The minimum atomic E-state index is -5.71. The van der Waals surface area contributed by atoms with Gasteiger partial charge in [0, 0.05) is 6.20 Å². The van der Waals surface area contributed by atoms with E-state index in [1.807, 2.05) is 0 Å². The molecule has 0 aliphatic carbocycles. The van der Waals surface area contributed by atoms with Gasteiger partial charge in [-0.05, 0) is 6.07 Å². The fourth-order valence-corrected chi connectivity index (χ4v) is 5.22. The molecule has 1 fully saturated rings. The van der Waals surface area contributed by atoms with Crippen LogP contribution >= 0.6 is 23.5 Å². The van der Waals surface area contributed by atoms with Crippen molar-refractivity contribution in [1.29, 1.82) is 0 Å². The number of phosphoric acid groups is 3. The number of phosphoric ester groups is 1. The summed E-state index contributed by atoms with van der Waals surface area (Å²) in [5, 5.41) is 20.0. The average Bonchev–Trinajstić information content (AvgIpc) is 2.78. The number of hydrogen-bond donors (Lipinski definition) is 7. The maximum Gasteiger partial charge on any atom is 0.490 e. The van der Waals surface area contributed by atoms with Gasteiger partial charge in [0.25, 0.3) is 0 Å². The Morgan fingerprint density at radius 1 is 1.10 bits per heavy atom. The van der Waals surface area contributed by atoms with Crippen LogP contribution in [0, 0.1) is 0 Å². The van der Waals surface area contributed by atoms with Crippen LogP contribution in [-0.4, -0.2) is 64.3 Å². The highest BCUT2D eigenvalue weighted by atomic mass is 31.3. The third kappa shape index (κ3) is 6.73. The summed E-state index contributed by atoms with van der Waals surface area (Å²) in [5.74, 6) is -0.122. The van der Waals surface area contributed by atoms with E-state index in [1.165, 1.54) is 6.07 Å². The smallest absolute Gasteiger partial charge is 0.387 e. The standard InChI is InChI=1S/C9H16N3O14P3/c10-5-1-2-12(9(15)11-5)8-7(14)6(13)4(24-8)3-23-28(19,20)26-29(21,22)25-27(16,17)18/h1-2,4,6-8,13-14H,3H2,(H,19,20)(H,21,22)(H2,10,11,15)(H2,16,17,18)/t4?,6?,7-,8?/m0/s1. The molecule has 5 unspecified atom stereocenters. The van der Waals surface area contributed by atoms with E-state index in [0.29, 0.717) is 0 Å². The zero-order chi connectivity index (χ0) is 22.2. The van der Waals surface area contributed by atoms with Crippen LogP contribution in [0.15, 0.2) is 17.1 Å². The van der Waals surface area contributed by atoms with Crippen LogP contribution in [0.25, 0.3) is 0 Å². The van der Waals surface area contributed by atoms with E-state index in [1.54, 1.807) is 0 Å². The summed E-state index contributed by atoms with van der Waals surface area (Å²) < 4.78 is 50.8. The maximum absolute atomic E-state index is 11.8. The van der Waals surface area contributed by atoms with Gasteiger partial charge in [-0.3, -0.25) is 9.09 Å². The number of anilines is 1. The van der Waals surface area contributed by atoms with E-state index in [2.05, 4.69) is 18.1 Å². The molecule has 29 heavy (non-hydrogen) atoms. The number of nitrogen functional groups attached to an aromatic ring is 1. The SMILES string of the molecule is Nc1ccn(C2OC(COP(=O)(O)OP(=O)(O)OP(=O)(O)O)C(O)[C@@H]2O)c(=O)n1. The van der Waals surface area contributed by atoms with Crippen molar-refractivity contribution < 1.29 is 61.4 Å². The summed E-state index contributed by atoms with van der Waals surface area (Å²) in [4.78, 5) is 50.5. The Balaban J connectivity index is 2.05. The normalized spacial score (nSPS) is 29.3. The molecule has 0 amide bonds. The van der Waals surface area contributed by atoms with Gasteiger partial charge < -0.3 is 40.3 Å². The number of hydrogen-bond acceptors (Lipinski definition) is 12. The Morgan fingerprint density at radius 3 is 2.28 bits per heavy atom. The molecule has 0 aromatic carbocycles. The highest BCUT2D eigenvalue weighted by molar-refractivity contribution is 7.66. The first-order valence-corrected chi connectivity index (χ1v) is 11.8. The first kappa shape index (κ1) is 24.2. The average molecular weight is 483 g/mol.